The number of hydrogen-bond acceptors (Lipinski definition) is 1. The third-order valence-corrected chi connectivity index (χ3v) is 2.24. The van der Waals surface area contributed by atoms with Crippen molar-refractivity contribution < 1.29 is 0 Å². The third kappa shape index (κ3) is 4.14. The second-order valence-corrected chi connectivity index (χ2v) is 3.62. The molecular weight excluding hydrogens is 237 g/mol. The van der Waals surface area contributed by atoms with E-state index in [0.717, 1.165) is 5.70 Å². The first-order valence-corrected chi connectivity index (χ1v) is 5.25. The van der Waals surface area contributed by atoms with Gasteiger partial charge in [0.05, 0.1) is 0 Å². The van der Waals surface area contributed by atoms with Gasteiger partial charge in [-0.25, -0.2) is 0 Å². The lowest BCUT2D eigenvalue weighted by atomic mass is 9.98. The molecule has 60 valence electrons. The smallest absolute Gasteiger partial charge is 0.00392 e. The van der Waals surface area contributed by atoms with Crippen molar-refractivity contribution in [2.24, 2.45) is 11.7 Å². The molecule has 0 aromatic heterocycles. The molecule has 0 bridgehead atoms. The van der Waals surface area contributed by atoms with Crippen molar-refractivity contribution in [2.45, 2.75) is 26.2 Å². The molecule has 10 heavy (non-hydrogen) atoms. The number of allylic oxidation sites excluding steroid dienone is 1. The maximum atomic E-state index is 5.61. The molecule has 0 amide bonds. The van der Waals surface area contributed by atoms with Gasteiger partial charge in [-0.2, -0.15) is 0 Å². The summed E-state index contributed by atoms with van der Waals surface area (Å²) in [5.41, 5.74) is 6.47. The van der Waals surface area contributed by atoms with Crippen LogP contribution in [0.25, 0.3) is 0 Å². The Balaban J connectivity index is 3.61. The monoisotopic (exact) mass is 253 g/mol. The Bertz CT molecular complexity index is 95.4. The van der Waals surface area contributed by atoms with Gasteiger partial charge in [0.15, 0.2) is 0 Å². The summed E-state index contributed by atoms with van der Waals surface area (Å²) >= 11 is 2.38. The highest BCUT2D eigenvalue weighted by Gasteiger charge is 2.06. The zero-order valence-electron chi connectivity index (χ0n) is 6.57. The van der Waals surface area contributed by atoms with Crippen molar-refractivity contribution in [3.8, 4) is 0 Å². The Morgan fingerprint density at radius 3 is 2.50 bits per heavy atom. The molecule has 0 rings (SSSR count). The quantitative estimate of drug-likeness (QED) is 0.591. The van der Waals surface area contributed by atoms with Crippen molar-refractivity contribution in [1.82, 2.24) is 0 Å². The number of rotatable bonds is 5. The van der Waals surface area contributed by atoms with E-state index in [9.17, 15) is 0 Å². The van der Waals surface area contributed by atoms with Gasteiger partial charge in [-0.1, -0.05) is 42.5 Å². The second-order valence-electron chi connectivity index (χ2n) is 2.54. The van der Waals surface area contributed by atoms with Crippen molar-refractivity contribution in [3.05, 3.63) is 12.3 Å². The first kappa shape index (κ1) is 10.3. The van der Waals surface area contributed by atoms with E-state index in [1.807, 2.05) is 0 Å². The normalized spacial score (nSPS) is 13.0. The van der Waals surface area contributed by atoms with Crippen LogP contribution in [0.1, 0.15) is 26.2 Å². The first-order valence-electron chi connectivity index (χ1n) is 3.72. The maximum Gasteiger partial charge on any atom is 0.00392 e. The largest absolute Gasteiger partial charge is 0.402 e. The fraction of sp³-hybridized carbons (Fsp3) is 0.750. The van der Waals surface area contributed by atoms with Crippen LogP contribution in [0.5, 0.6) is 0 Å². The first-order chi connectivity index (χ1) is 4.72. The molecule has 0 saturated carbocycles. The standard InChI is InChI=1S/C8H16IN/c1-3-4-8(5-6-9)7(2)10/h8H,2-6,10H2,1H3. The van der Waals surface area contributed by atoms with Crippen molar-refractivity contribution in [1.29, 1.82) is 0 Å². The number of hydrogen-bond donors (Lipinski definition) is 1. The molecule has 1 nitrogen and oxygen atoms in total. The van der Waals surface area contributed by atoms with E-state index < -0.39 is 0 Å². The highest BCUT2D eigenvalue weighted by atomic mass is 127. The van der Waals surface area contributed by atoms with Crippen LogP contribution in [0.4, 0.5) is 0 Å². The zero-order valence-corrected chi connectivity index (χ0v) is 8.73. The lowest BCUT2D eigenvalue weighted by Crippen LogP contribution is -2.10. The van der Waals surface area contributed by atoms with E-state index >= 15 is 0 Å². The predicted molar refractivity (Wildman–Crippen MR) is 55.2 cm³/mol. The van der Waals surface area contributed by atoms with E-state index in [2.05, 4.69) is 36.1 Å². The van der Waals surface area contributed by atoms with Gasteiger partial charge in [0.1, 0.15) is 0 Å². The minimum absolute atomic E-state index is 0.557. The minimum Gasteiger partial charge on any atom is -0.402 e. The van der Waals surface area contributed by atoms with E-state index in [-0.39, 0.29) is 0 Å². The molecule has 0 heterocycles. The van der Waals surface area contributed by atoms with E-state index in [1.54, 1.807) is 0 Å². The Hall–Kier alpha value is 0.270. The van der Waals surface area contributed by atoms with Gasteiger partial charge < -0.3 is 5.73 Å². The van der Waals surface area contributed by atoms with Crippen LogP contribution < -0.4 is 5.73 Å². The lowest BCUT2D eigenvalue weighted by molar-refractivity contribution is 0.538. The average molecular weight is 253 g/mol. The summed E-state index contributed by atoms with van der Waals surface area (Å²) in [6.07, 6.45) is 3.58. The molecule has 0 aromatic rings. The molecule has 0 spiro atoms. The van der Waals surface area contributed by atoms with Gasteiger partial charge >= 0.3 is 0 Å². The number of halogens is 1. The van der Waals surface area contributed by atoms with Crippen LogP contribution in [0.2, 0.25) is 0 Å². The Morgan fingerprint density at radius 2 is 2.20 bits per heavy atom. The summed E-state index contributed by atoms with van der Waals surface area (Å²) < 4.78 is 1.18. The summed E-state index contributed by atoms with van der Waals surface area (Å²) in [6.45, 7) is 5.95. The van der Waals surface area contributed by atoms with Gasteiger partial charge in [-0.3, -0.25) is 0 Å². The van der Waals surface area contributed by atoms with E-state index in [0.29, 0.717) is 5.92 Å². The van der Waals surface area contributed by atoms with Crippen LogP contribution >= 0.6 is 22.6 Å². The third-order valence-electron chi connectivity index (χ3n) is 1.62. The summed E-state index contributed by atoms with van der Waals surface area (Å²) in [5.74, 6) is 0.557. The van der Waals surface area contributed by atoms with Gasteiger partial charge in [0.25, 0.3) is 0 Å². The molecule has 0 radical (unpaired) electrons. The van der Waals surface area contributed by atoms with Gasteiger partial charge in [0, 0.05) is 10.1 Å². The molecule has 1 atom stereocenters. The molecule has 0 saturated heterocycles. The topological polar surface area (TPSA) is 26.0 Å². The van der Waals surface area contributed by atoms with E-state index in [4.69, 9.17) is 5.73 Å². The minimum atomic E-state index is 0.557. The average Bonchev–Trinajstić information content (AvgIpc) is 1.87. The summed E-state index contributed by atoms with van der Waals surface area (Å²) in [5, 5.41) is 0. The molecule has 2 heteroatoms. The number of alkyl halides is 1. The summed E-state index contributed by atoms with van der Waals surface area (Å²) in [4.78, 5) is 0. The van der Waals surface area contributed by atoms with E-state index in [1.165, 1.54) is 23.7 Å². The molecule has 0 aliphatic heterocycles. The van der Waals surface area contributed by atoms with Crippen LogP contribution in [0.15, 0.2) is 12.3 Å². The molecule has 1 unspecified atom stereocenters. The van der Waals surface area contributed by atoms with Crippen molar-refractivity contribution >= 4 is 22.6 Å². The van der Waals surface area contributed by atoms with Crippen LogP contribution in [-0.2, 0) is 0 Å². The Labute approximate surface area is 77.2 Å². The summed E-state index contributed by atoms with van der Waals surface area (Å²) in [7, 11) is 0. The highest BCUT2D eigenvalue weighted by molar-refractivity contribution is 14.1. The highest BCUT2D eigenvalue weighted by Crippen LogP contribution is 2.16. The molecule has 0 aliphatic rings. The fourth-order valence-corrected chi connectivity index (χ4v) is 1.75. The molecular formula is C8H16IN. The lowest BCUT2D eigenvalue weighted by Gasteiger charge is -2.13. The molecule has 0 fully saturated rings. The Kier molecular flexibility index (Phi) is 6.17. The molecule has 0 aliphatic carbocycles. The van der Waals surface area contributed by atoms with Crippen molar-refractivity contribution in [3.63, 3.8) is 0 Å². The van der Waals surface area contributed by atoms with Crippen LogP contribution in [-0.4, -0.2) is 4.43 Å². The number of nitrogens with two attached hydrogens (primary N) is 1. The predicted octanol–water partition coefficient (Wildman–Crippen LogP) is 2.70. The SMILES string of the molecule is C=C(N)C(CCC)CCI. The summed E-state index contributed by atoms with van der Waals surface area (Å²) in [6, 6.07) is 0. The second kappa shape index (κ2) is 6.01. The zero-order chi connectivity index (χ0) is 7.98. The van der Waals surface area contributed by atoms with Crippen molar-refractivity contribution in [2.75, 3.05) is 4.43 Å². The Morgan fingerprint density at radius 1 is 1.60 bits per heavy atom. The van der Waals surface area contributed by atoms with Gasteiger partial charge in [0.2, 0.25) is 0 Å². The molecule has 0 aromatic carbocycles. The maximum absolute atomic E-state index is 5.61. The van der Waals surface area contributed by atoms with Gasteiger partial charge in [-0.05, 0) is 18.8 Å². The molecule has 2 N–H and O–H groups in total. The van der Waals surface area contributed by atoms with Gasteiger partial charge in [-0.15, -0.1) is 0 Å². The van der Waals surface area contributed by atoms with Crippen LogP contribution in [0.3, 0.4) is 0 Å². The fourth-order valence-electron chi connectivity index (χ4n) is 0.995. The van der Waals surface area contributed by atoms with Crippen LogP contribution in [0, 0.1) is 5.92 Å².